The Labute approximate surface area is 150 Å². The van der Waals surface area contributed by atoms with Crippen molar-refractivity contribution in [2.45, 2.75) is 25.3 Å². The number of nitro benzene ring substituents is 1. The largest absolute Gasteiger partial charge is 0.452 e. The quantitative estimate of drug-likeness (QED) is 0.506. The summed E-state index contributed by atoms with van der Waals surface area (Å²) in [6.07, 6.45) is 2.83. The van der Waals surface area contributed by atoms with Crippen molar-refractivity contribution in [3.05, 3.63) is 75.3 Å². The van der Waals surface area contributed by atoms with Gasteiger partial charge in [-0.15, -0.1) is 0 Å². The number of amides is 1. The second-order valence-corrected chi connectivity index (χ2v) is 6.09. The SMILES string of the molecule is O=C(COC(=O)c1ccc([N+](=O)[O-])cc1)N[C@@H]1CCCc2ccccc21. The maximum atomic E-state index is 12.1. The normalized spacial score (nSPS) is 15.6. The molecule has 134 valence electrons. The van der Waals surface area contributed by atoms with Crippen LogP contribution in [0.1, 0.15) is 40.4 Å². The van der Waals surface area contributed by atoms with Crippen LogP contribution in [-0.4, -0.2) is 23.4 Å². The average Bonchev–Trinajstić information content (AvgIpc) is 2.66. The van der Waals surface area contributed by atoms with Crippen LogP contribution in [0.4, 0.5) is 5.69 Å². The summed E-state index contributed by atoms with van der Waals surface area (Å²) in [5.41, 5.74) is 2.38. The van der Waals surface area contributed by atoms with E-state index in [1.807, 2.05) is 18.2 Å². The summed E-state index contributed by atoms with van der Waals surface area (Å²) in [5.74, 6) is -1.07. The topological polar surface area (TPSA) is 98.5 Å². The van der Waals surface area contributed by atoms with Crippen LogP contribution in [0.2, 0.25) is 0 Å². The van der Waals surface area contributed by atoms with E-state index in [1.165, 1.54) is 29.8 Å². The fourth-order valence-electron chi connectivity index (χ4n) is 3.07. The number of ether oxygens (including phenoxy) is 1. The van der Waals surface area contributed by atoms with E-state index in [-0.39, 0.29) is 23.2 Å². The lowest BCUT2D eigenvalue weighted by molar-refractivity contribution is -0.384. The van der Waals surface area contributed by atoms with Gasteiger partial charge in [-0.3, -0.25) is 14.9 Å². The number of hydrogen-bond donors (Lipinski definition) is 1. The number of fused-ring (bicyclic) bond motifs is 1. The standard InChI is InChI=1S/C19H18N2O5/c22-18(20-17-7-3-5-13-4-1-2-6-16(13)17)12-26-19(23)14-8-10-15(11-9-14)21(24)25/h1-2,4,6,8-11,17H,3,5,7,12H2,(H,20,22)/t17-/m1/s1. The van der Waals surface area contributed by atoms with E-state index in [1.54, 1.807) is 0 Å². The summed E-state index contributed by atoms with van der Waals surface area (Å²) < 4.78 is 5.00. The summed E-state index contributed by atoms with van der Waals surface area (Å²) in [5, 5.41) is 13.5. The Morgan fingerprint density at radius 1 is 1.15 bits per heavy atom. The molecule has 1 amide bonds. The Bertz CT molecular complexity index is 832. The summed E-state index contributed by atoms with van der Waals surface area (Å²) in [6.45, 7) is -0.394. The molecule has 26 heavy (non-hydrogen) atoms. The van der Waals surface area contributed by atoms with Gasteiger partial charge in [0.05, 0.1) is 16.5 Å². The van der Waals surface area contributed by atoms with Crippen LogP contribution >= 0.6 is 0 Å². The van der Waals surface area contributed by atoms with Crippen LogP contribution in [-0.2, 0) is 16.0 Å². The van der Waals surface area contributed by atoms with Crippen molar-refractivity contribution in [2.75, 3.05) is 6.61 Å². The number of nitro groups is 1. The molecule has 2 aromatic carbocycles. The van der Waals surface area contributed by atoms with Gasteiger partial charge in [-0.05, 0) is 42.5 Å². The smallest absolute Gasteiger partial charge is 0.338 e. The molecule has 1 aliphatic carbocycles. The molecule has 0 unspecified atom stereocenters. The second kappa shape index (κ2) is 7.77. The van der Waals surface area contributed by atoms with E-state index >= 15 is 0 Å². The molecule has 1 atom stereocenters. The molecule has 3 rings (SSSR count). The summed E-state index contributed by atoms with van der Waals surface area (Å²) in [7, 11) is 0. The second-order valence-electron chi connectivity index (χ2n) is 6.09. The van der Waals surface area contributed by atoms with Crippen LogP contribution in [0.15, 0.2) is 48.5 Å². The van der Waals surface area contributed by atoms with Gasteiger partial charge in [-0.1, -0.05) is 24.3 Å². The molecule has 0 fully saturated rings. The number of benzene rings is 2. The summed E-state index contributed by atoms with van der Waals surface area (Å²) in [6, 6.07) is 12.9. The first-order chi connectivity index (χ1) is 12.5. The number of carbonyl (C=O) groups is 2. The lowest BCUT2D eigenvalue weighted by atomic mass is 9.88. The van der Waals surface area contributed by atoms with Gasteiger partial charge in [0.25, 0.3) is 11.6 Å². The zero-order valence-electron chi connectivity index (χ0n) is 14.0. The van der Waals surface area contributed by atoms with Gasteiger partial charge in [0.2, 0.25) is 0 Å². The van der Waals surface area contributed by atoms with E-state index in [0.717, 1.165) is 24.8 Å². The van der Waals surface area contributed by atoms with Gasteiger partial charge in [-0.25, -0.2) is 4.79 Å². The van der Waals surface area contributed by atoms with Crippen LogP contribution in [0.25, 0.3) is 0 Å². The number of hydrogen-bond acceptors (Lipinski definition) is 5. The summed E-state index contributed by atoms with van der Waals surface area (Å²) in [4.78, 5) is 34.1. The highest BCUT2D eigenvalue weighted by molar-refractivity contribution is 5.91. The van der Waals surface area contributed by atoms with E-state index in [9.17, 15) is 19.7 Å². The molecule has 1 N–H and O–H groups in total. The first-order valence-electron chi connectivity index (χ1n) is 8.33. The minimum absolute atomic E-state index is 0.0782. The molecular weight excluding hydrogens is 336 g/mol. The third-order valence-electron chi connectivity index (χ3n) is 4.35. The molecule has 0 aliphatic heterocycles. The Hall–Kier alpha value is -3.22. The molecule has 0 saturated carbocycles. The van der Waals surface area contributed by atoms with Gasteiger partial charge in [-0.2, -0.15) is 0 Å². The highest BCUT2D eigenvalue weighted by Crippen LogP contribution is 2.29. The molecule has 1 aliphatic rings. The number of non-ortho nitro benzene ring substituents is 1. The number of rotatable bonds is 5. The van der Waals surface area contributed by atoms with Crippen molar-refractivity contribution in [1.29, 1.82) is 0 Å². The molecule has 7 nitrogen and oxygen atoms in total. The first kappa shape index (κ1) is 17.6. The van der Waals surface area contributed by atoms with Gasteiger partial charge >= 0.3 is 5.97 Å². The van der Waals surface area contributed by atoms with Crippen molar-refractivity contribution in [2.24, 2.45) is 0 Å². The fraction of sp³-hybridized carbons (Fsp3) is 0.263. The monoisotopic (exact) mass is 354 g/mol. The lowest BCUT2D eigenvalue weighted by Gasteiger charge is -2.26. The predicted molar refractivity (Wildman–Crippen MR) is 93.6 cm³/mol. The van der Waals surface area contributed by atoms with Crippen LogP contribution in [0, 0.1) is 10.1 Å². The zero-order chi connectivity index (χ0) is 18.5. The number of nitrogens with zero attached hydrogens (tertiary/aromatic N) is 1. The van der Waals surface area contributed by atoms with Gasteiger partial charge in [0.1, 0.15) is 0 Å². The van der Waals surface area contributed by atoms with Crippen molar-refractivity contribution < 1.29 is 19.2 Å². The highest BCUT2D eigenvalue weighted by Gasteiger charge is 2.22. The van der Waals surface area contributed by atoms with Crippen molar-refractivity contribution in [1.82, 2.24) is 5.32 Å². The maximum absolute atomic E-state index is 12.1. The van der Waals surface area contributed by atoms with Crippen molar-refractivity contribution in [3.63, 3.8) is 0 Å². The minimum Gasteiger partial charge on any atom is -0.452 e. The molecule has 2 aromatic rings. The van der Waals surface area contributed by atoms with Crippen molar-refractivity contribution >= 4 is 17.6 Å². The molecule has 0 bridgehead atoms. The average molecular weight is 354 g/mol. The van der Waals surface area contributed by atoms with E-state index < -0.39 is 17.5 Å². The first-order valence-corrected chi connectivity index (χ1v) is 8.33. The maximum Gasteiger partial charge on any atom is 0.338 e. The van der Waals surface area contributed by atoms with E-state index in [0.29, 0.717) is 0 Å². The van der Waals surface area contributed by atoms with E-state index in [4.69, 9.17) is 4.74 Å². The molecule has 0 saturated heterocycles. The van der Waals surface area contributed by atoms with Gasteiger partial charge < -0.3 is 10.1 Å². The van der Waals surface area contributed by atoms with Crippen LogP contribution in [0.3, 0.4) is 0 Å². The number of esters is 1. The minimum atomic E-state index is -0.695. The Morgan fingerprint density at radius 3 is 2.62 bits per heavy atom. The zero-order valence-corrected chi connectivity index (χ0v) is 14.0. The number of nitrogens with one attached hydrogen (secondary N) is 1. The Kier molecular flexibility index (Phi) is 5.26. The van der Waals surface area contributed by atoms with Crippen LogP contribution < -0.4 is 5.32 Å². The molecule has 0 heterocycles. The third-order valence-corrected chi connectivity index (χ3v) is 4.35. The van der Waals surface area contributed by atoms with Crippen LogP contribution in [0.5, 0.6) is 0 Å². The van der Waals surface area contributed by atoms with Gasteiger partial charge in [0.15, 0.2) is 6.61 Å². The molecule has 0 aromatic heterocycles. The lowest BCUT2D eigenvalue weighted by Crippen LogP contribution is -2.34. The fourth-order valence-corrected chi connectivity index (χ4v) is 3.07. The Balaban J connectivity index is 1.54. The molecule has 7 heteroatoms. The predicted octanol–water partition coefficient (Wildman–Crippen LogP) is 2.95. The Morgan fingerprint density at radius 2 is 1.88 bits per heavy atom. The van der Waals surface area contributed by atoms with Crippen molar-refractivity contribution in [3.8, 4) is 0 Å². The highest BCUT2D eigenvalue weighted by atomic mass is 16.6. The number of aryl methyl sites for hydroxylation is 1. The van der Waals surface area contributed by atoms with Gasteiger partial charge in [0, 0.05) is 12.1 Å². The molecule has 0 radical (unpaired) electrons. The molecule has 0 spiro atoms. The summed E-state index contributed by atoms with van der Waals surface area (Å²) >= 11 is 0. The molecular formula is C19H18N2O5. The number of carbonyl (C=O) groups excluding carboxylic acids is 2. The van der Waals surface area contributed by atoms with E-state index in [2.05, 4.69) is 11.4 Å². The third kappa shape index (κ3) is 4.05.